The van der Waals surface area contributed by atoms with Gasteiger partial charge < -0.3 is 15.4 Å². The van der Waals surface area contributed by atoms with Crippen molar-refractivity contribution in [3.63, 3.8) is 0 Å². The van der Waals surface area contributed by atoms with Crippen LogP contribution in [0.1, 0.15) is 16.0 Å². The van der Waals surface area contributed by atoms with Crippen LogP contribution < -0.4 is 10.6 Å². The molecule has 2 amide bonds. The molecule has 2 N–H and O–H groups in total. The monoisotopic (exact) mass is 302 g/mol. The zero-order valence-electron chi connectivity index (χ0n) is 11.7. The SMILES string of the molecule is O=C(NCc1cccs1)NC[C@H]1Cc2ccccc2CO1. The first-order chi connectivity index (χ1) is 10.3. The van der Waals surface area contributed by atoms with E-state index in [0.29, 0.717) is 19.7 Å². The molecule has 21 heavy (non-hydrogen) atoms. The van der Waals surface area contributed by atoms with Gasteiger partial charge in [-0.25, -0.2) is 4.79 Å². The summed E-state index contributed by atoms with van der Waals surface area (Å²) in [6, 6.07) is 12.1. The number of urea groups is 1. The molecule has 2 heterocycles. The quantitative estimate of drug-likeness (QED) is 0.912. The van der Waals surface area contributed by atoms with Crippen LogP contribution in [-0.2, 0) is 24.3 Å². The number of carbonyl (C=O) groups excluding carboxylic acids is 1. The minimum Gasteiger partial charge on any atom is -0.371 e. The summed E-state index contributed by atoms with van der Waals surface area (Å²) in [6.07, 6.45) is 0.897. The summed E-state index contributed by atoms with van der Waals surface area (Å²) in [6.45, 7) is 1.72. The number of amides is 2. The van der Waals surface area contributed by atoms with E-state index in [1.165, 1.54) is 11.1 Å². The molecule has 0 unspecified atom stereocenters. The highest BCUT2D eigenvalue weighted by molar-refractivity contribution is 7.09. The second kappa shape index (κ2) is 6.74. The number of benzene rings is 1. The summed E-state index contributed by atoms with van der Waals surface area (Å²) >= 11 is 1.64. The molecule has 0 aliphatic carbocycles. The number of fused-ring (bicyclic) bond motifs is 1. The molecular formula is C16H18N2O2S. The Morgan fingerprint density at radius 2 is 2.05 bits per heavy atom. The highest BCUT2D eigenvalue weighted by Gasteiger charge is 2.19. The Labute approximate surface area is 128 Å². The van der Waals surface area contributed by atoms with E-state index in [4.69, 9.17) is 4.74 Å². The lowest BCUT2D eigenvalue weighted by Crippen LogP contribution is -2.41. The summed E-state index contributed by atoms with van der Waals surface area (Å²) in [5, 5.41) is 7.73. The number of nitrogens with one attached hydrogen (secondary N) is 2. The first-order valence-electron chi connectivity index (χ1n) is 7.04. The van der Waals surface area contributed by atoms with Gasteiger partial charge in [-0.2, -0.15) is 0 Å². The topological polar surface area (TPSA) is 50.4 Å². The zero-order valence-corrected chi connectivity index (χ0v) is 12.5. The number of hydrogen-bond donors (Lipinski definition) is 2. The van der Waals surface area contributed by atoms with Gasteiger partial charge in [0, 0.05) is 17.8 Å². The van der Waals surface area contributed by atoms with Crippen LogP contribution in [0.4, 0.5) is 4.79 Å². The molecule has 0 bridgehead atoms. The molecule has 3 rings (SSSR count). The molecule has 2 aromatic rings. The van der Waals surface area contributed by atoms with Crippen molar-refractivity contribution in [3.8, 4) is 0 Å². The smallest absolute Gasteiger partial charge is 0.315 e. The number of ether oxygens (including phenoxy) is 1. The van der Waals surface area contributed by atoms with Crippen LogP contribution in [0.5, 0.6) is 0 Å². The van der Waals surface area contributed by atoms with E-state index in [2.05, 4.69) is 22.8 Å². The van der Waals surface area contributed by atoms with Crippen LogP contribution in [-0.4, -0.2) is 18.7 Å². The fourth-order valence-corrected chi connectivity index (χ4v) is 3.03. The van der Waals surface area contributed by atoms with Gasteiger partial charge in [0.1, 0.15) is 0 Å². The molecule has 1 aromatic carbocycles. The lowest BCUT2D eigenvalue weighted by molar-refractivity contribution is 0.0305. The fraction of sp³-hybridized carbons (Fsp3) is 0.312. The van der Waals surface area contributed by atoms with Crippen LogP contribution in [0.2, 0.25) is 0 Å². The molecule has 0 saturated carbocycles. The Morgan fingerprint density at radius 1 is 1.19 bits per heavy atom. The van der Waals surface area contributed by atoms with E-state index in [1.54, 1.807) is 11.3 Å². The summed E-state index contributed by atoms with van der Waals surface area (Å²) in [5.41, 5.74) is 2.56. The van der Waals surface area contributed by atoms with Gasteiger partial charge in [-0.1, -0.05) is 30.3 Å². The van der Waals surface area contributed by atoms with Crippen LogP contribution in [0.25, 0.3) is 0 Å². The van der Waals surface area contributed by atoms with Crippen LogP contribution in [0.15, 0.2) is 41.8 Å². The van der Waals surface area contributed by atoms with Crippen molar-refractivity contribution >= 4 is 17.4 Å². The van der Waals surface area contributed by atoms with Crippen LogP contribution in [0, 0.1) is 0 Å². The summed E-state index contributed by atoms with van der Waals surface area (Å²) in [7, 11) is 0. The normalized spacial score (nSPS) is 17.0. The lowest BCUT2D eigenvalue weighted by atomic mass is 9.99. The second-order valence-electron chi connectivity index (χ2n) is 5.05. The van der Waals surface area contributed by atoms with E-state index in [1.807, 2.05) is 29.6 Å². The molecular weight excluding hydrogens is 284 g/mol. The third kappa shape index (κ3) is 3.83. The molecule has 1 aromatic heterocycles. The van der Waals surface area contributed by atoms with E-state index in [9.17, 15) is 4.79 Å². The van der Waals surface area contributed by atoms with Gasteiger partial charge >= 0.3 is 6.03 Å². The predicted molar refractivity (Wildman–Crippen MR) is 83.3 cm³/mol. The molecule has 1 atom stereocenters. The molecule has 0 fully saturated rings. The van der Waals surface area contributed by atoms with Gasteiger partial charge in [0.15, 0.2) is 0 Å². The van der Waals surface area contributed by atoms with Crippen molar-refractivity contribution in [1.82, 2.24) is 10.6 Å². The Bertz CT molecular complexity index is 598. The summed E-state index contributed by atoms with van der Waals surface area (Å²) in [5.74, 6) is 0. The van der Waals surface area contributed by atoms with Gasteiger partial charge in [-0.15, -0.1) is 11.3 Å². The highest BCUT2D eigenvalue weighted by atomic mass is 32.1. The molecule has 0 saturated heterocycles. The Balaban J connectivity index is 1.42. The van der Waals surface area contributed by atoms with Crippen molar-refractivity contribution < 1.29 is 9.53 Å². The third-order valence-electron chi connectivity index (χ3n) is 3.53. The van der Waals surface area contributed by atoms with Crippen LogP contribution >= 0.6 is 11.3 Å². The van der Waals surface area contributed by atoms with E-state index in [0.717, 1.165) is 11.3 Å². The van der Waals surface area contributed by atoms with Gasteiger partial charge in [-0.05, 0) is 22.6 Å². The van der Waals surface area contributed by atoms with Gasteiger partial charge in [0.2, 0.25) is 0 Å². The number of hydrogen-bond acceptors (Lipinski definition) is 3. The maximum atomic E-state index is 11.8. The number of thiophene rings is 1. The summed E-state index contributed by atoms with van der Waals surface area (Å²) in [4.78, 5) is 12.9. The Morgan fingerprint density at radius 3 is 2.86 bits per heavy atom. The van der Waals surface area contributed by atoms with Crippen molar-refractivity contribution in [2.24, 2.45) is 0 Å². The maximum absolute atomic E-state index is 11.8. The molecule has 1 aliphatic heterocycles. The Kier molecular flexibility index (Phi) is 4.52. The van der Waals surface area contributed by atoms with E-state index < -0.39 is 0 Å². The molecule has 5 heteroatoms. The predicted octanol–water partition coefficient (Wildman–Crippen LogP) is 2.69. The standard InChI is InChI=1S/C16H18N2O2S/c19-16(18-10-15-6-3-7-21-15)17-9-14-8-12-4-1-2-5-13(12)11-20-14/h1-7,14H,8-11H2,(H2,17,18,19)/t14-/m1/s1. The van der Waals surface area contributed by atoms with Crippen molar-refractivity contribution in [2.75, 3.05) is 6.54 Å². The third-order valence-corrected chi connectivity index (χ3v) is 4.41. The van der Waals surface area contributed by atoms with Gasteiger partial charge in [0.25, 0.3) is 0 Å². The van der Waals surface area contributed by atoms with Gasteiger partial charge in [0.05, 0.1) is 19.3 Å². The van der Waals surface area contributed by atoms with Crippen molar-refractivity contribution in [3.05, 3.63) is 57.8 Å². The molecule has 0 spiro atoms. The number of carbonyl (C=O) groups is 1. The van der Waals surface area contributed by atoms with E-state index in [-0.39, 0.29) is 12.1 Å². The highest BCUT2D eigenvalue weighted by Crippen LogP contribution is 2.19. The second-order valence-corrected chi connectivity index (χ2v) is 6.08. The fourth-order valence-electron chi connectivity index (χ4n) is 2.39. The minimum atomic E-state index is -0.147. The van der Waals surface area contributed by atoms with Crippen molar-refractivity contribution in [2.45, 2.75) is 25.7 Å². The van der Waals surface area contributed by atoms with Crippen LogP contribution in [0.3, 0.4) is 0 Å². The average Bonchev–Trinajstić information content (AvgIpc) is 3.04. The first-order valence-corrected chi connectivity index (χ1v) is 7.91. The molecule has 1 aliphatic rings. The molecule has 4 nitrogen and oxygen atoms in total. The Hall–Kier alpha value is -1.85. The zero-order chi connectivity index (χ0) is 14.5. The van der Waals surface area contributed by atoms with Crippen molar-refractivity contribution in [1.29, 1.82) is 0 Å². The maximum Gasteiger partial charge on any atom is 0.315 e. The molecule has 0 radical (unpaired) electrons. The summed E-state index contributed by atoms with van der Waals surface area (Å²) < 4.78 is 5.76. The first kappa shape index (κ1) is 14.1. The largest absolute Gasteiger partial charge is 0.371 e. The number of rotatable bonds is 4. The van der Waals surface area contributed by atoms with E-state index >= 15 is 0 Å². The van der Waals surface area contributed by atoms with Gasteiger partial charge in [-0.3, -0.25) is 0 Å². The lowest BCUT2D eigenvalue weighted by Gasteiger charge is -2.25. The average molecular weight is 302 g/mol. The minimum absolute atomic E-state index is 0.0485. The molecule has 110 valence electrons.